The van der Waals surface area contributed by atoms with E-state index in [1.807, 2.05) is 31.2 Å². The average molecular weight is 322 g/mol. The normalized spacial score (nSPS) is 18.1. The molecule has 0 amide bonds. The summed E-state index contributed by atoms with van der Waals surface area (Å²) in [5.41, 5.74) is 2.77. The monoisotopic (exact) mass is 322 g/mol. The number of nitrogens with one attached hydrogen (secondary N) is 1. The number of nitrogens with zero attached hydrogens (tertiary/aromatic N) is 3. The van der Waals surface area contributed by atoms with Crippen LogP contribution >= 0.6 is 0 Å². The first-order valence-electron chi connectivity index (χ1n) is 7.04. The molecule has 1 aromatic carbocycles. The Morgan fingerprint density at radius 3 is 2.91 bits per heavy atom. The minimum absolute atomic E-state index is 0.0332. The van der Waals surface area contributed by atoms with Crippen molar-refractivity contribution >= 4 is 10.0 Å². The van der Waals surface area contributed by atoms with Gasteiger partial charge in [-0.05, 0) is 12.5 Å². The third-order valence-corrected chi connectivity index (χ3v) is 4.87. The lowest BCUT2D eigenvalue weighted by Crippen LogP contribution is -2.39. The van der Waals surface area contributed by atoms with E-state index in [-0.39, 0.29) is 18.4 Å². The van der Waals surface area contributed by atoms with E-state index >= 15 is 0 Å². The minimum Gasteiger partial charge on any atom is -0.369 e. The maximum atomic E-state index is 12.1. The molecule has 0 unspecified atom stereocenters. The van der Waals surface area contributed by atoms with Crippen LogP contribution < -0.4 is 4.72 Å². The van der Waals surface area contributed by atoms with Crippen LogP contribution in [0.15, 0.2) is 30.5 Å². The van der Waals surface area contributed by atoms with E-state index in [9.17, 15) is 8.42 Å². The number of ether oxygens (including phenoxy) is 1. The maximum absolute atomic E-state index is 12.1. The summed E-state index contributed by atoms with van der Waals surface area (Å²) in [4.78, 5) is 0. The molecule has 0 radical (unpaired) electrons. The second-order valence-electron chi connectivity index (χ2n) is 5.43. The van der Waals surface area contributed by atoms with E-state index in [0.717, 1.165) is 16.8 Å². The van der Waals surface area contributed by atoms with Crippen molar-refractivity contribution in [2.45, 2.75) is 31.9 Å². The number of rotatable bonds is 5. The average Bonchev–Trinajstić information content (AvgIpc) is 2.95. The van der Waals surface area contributed by atoms with E-state index in [2.05, 4.69) is 15.0 Å². The van der Waals surface area contributed by atoms with Crippen LogP contribution in [-0.4, -0.2) is 36.1 Å². The van der Waals surface area contributed by atoms with Crippen LogP contribution in [-0.2, 0) is 33.7 Å². The fraction of sp³-hybridized carbons (Fsp3) is 0.429. The minimum atomic E-state index is -3.39. The van der Waals surface area contributed by atoms with Crippen molar-refractivity contribution in [2.75, 3.05) is 6.54 Å². The van der Waals surface area contributed by atoms with Crippen molar-refractivity contribution in [1.29, 1.82) is 0 Å². The second kappa shape index (κ2) is 6.15. The summed E-state index contributed by atoms with van der Waals surface area (Å²) in [7, 11) is -3.39. The molecule has 1 N–H and O–H groups in total. The third kappa shape index (κ3) is 3.70. The summed E-state index contributed by atoms with van der Waals surface area (Å²) in [6.45, 7) is 3.10. The molecule has 8 heteroatoms. The van der Waals surface area contributed by atoms with E-state index < -0.39 is 10.0 Å². The number of aryl methyl sites for hydroxylation is 1. The van der Waals surface area contributed by atoms with Crippen LogP contribution in [0.3, 0.4) is 0 Å². The smallest absolute Gasteiger partial charge is 0.215 e. The Kier molecular flexibility index (Phi) is 4.23. The fourth-order valence-corrected chi connectivity index (χ4v) is 3.46. The molecule has 3 rings (SSSR count). The fourth-order valence-electron chi connectivity index (χ4n) is 2.29. The zero-order valence-corrected chi connectivity index (χ0v) is 13.1. The Morgan fingerprint density at radius 1 is 1.36 bits per heavy atom. The molecule has 1 aliphatic rings. The lowest BCUT2D eigenvalue weighted by Gasteiger charge is -2.23. The van der Waals surface area contributed by atoms with Crippen molar-refractivity contribution in [3.63, 3.8) is 0 Å². The van der Waals surface area contributed by atoms with Crippen LogP contribution in [0.25, 0.3) is 0 Å². The number of hydrogen-bond acceptors (Lipinski definition) is 5. The molecule has 1 aromatic heterocycles. The van der Waals surface area contributed by atoms with Gasteiger partial charge in [-0.1, -0.05) is 35.0 Å². The quantitative estimate of drug-likeness (QED) is 0.871. The zero-order chi connectivity index (χ0) is 15.6. The summed E-state index contributed by atoms with van der Waals surface area (Å²) in [5, 5.41) is 7.74. The van der Waals surface area contributed by atoms with Gasteiger partial charge in [0.2, 0.25) is 10.0 Å². The molecule has 0 saturated heterocycles. The first-order chi connectivity index (χ1) is 10.5. The summed E-state index contributed by atoms with van der Waals surface area (Å²) in [6, 6.07) is 7.46. The van der Waals surface area contributed by atoms with Gasteiger partial charge in [-0.25, -0.2) is 17.8 Å². The highest BCUT2D eigenvalue weighted by Gasteiger charge is 2.22. The van der Waals surface area contributed by atoms with Gasteiger partial charge >= 0.3 is 0 Å². The molecular formula is C14H18N4O3S. The van der Waals surface area contributed by atoms with Crippen molar-refractivity contribution in [3.8, 4) is 0 Å². The Hall–Kier alpha value is -1.77. The molecule has 118 valence electrons. The van der Waals surface area contributed by atoms with E-state index in [0.29, 0.717) is 13.2 Å². The summed E-state index contributed by atoms with van der Waals surface area (Å²) in [6.07, 6.45) is 1.42. The van der Waals surface area contributed by atoms with Gasteiger partial charge in [0.05, 0.1) is 36.9 Å². The first kappa shape index (κ1) is 15.1. The zero-order valence-electron chi connectivity index (χ0n) is 12.3. The molecule has 1 atom stereocenters. The van der Waals surface area contributed by atoms with Crippen molar-refractivity contribution in [2.24, 2.45) is 0 Å². The molecule has 0 spiro atoms. The molecule has 1 aliphatic heterocycles. The van der Waals surface area contributed by atoms with Gasteiger partial charge in [-0.3, -0.25) is 0 Å². The summed E-state index contributed by atoms with van der Waals surface area (Å²) < 4.78 is 34.2. The summed E-state index contributed by atoms with van der Waals surface area (Å²) >= 11 is 0. The van der Waals surface area contributed by atoms with Gasteiger partial charge in [0.1, 0.15) is 0 Å². The molecule has 0 fully saturated rings. The van der Waals surface area contributed by atoms with E-state index in [4.69, 9.17) is 4.74 Å². The molecule has 0 aliphatic carbocycles. The molecule has 7 nitrogen and oxygen atoms in total. The summed E-state index contributed by atoms with van der Waals surface area (Å²) in [5.74, 6) is -0.0332. The Balaban J connectivity index is 1.55. The molecular weight excluding hydrogens is 304 g/mol. The highest BCUT2D eigenvalue weighted by molar-refractivity contribution is 7.88. The van der Waals surface area contributed by atoms with Crippen molar-refractivity contribution in [1.82, 2.24) is 19.7 Å². The van der Waals surface area contributed by atoms with Gasteiger partial charge < -0.3 is 4.74 Å². The second-order valence-corrected chi connectivity index (χ2v) is 7.24. The number of fused-ring (bicyclic) bond motifs is 1. The highest BCUT2D eigenvalue weighted by Crippen LogP contribution is 2.12. The van der Waals surface area contributed by atoms with Crippen LogP contribution in [0.2, 0.25) is 0 Å². The van der Waals surface area contributed by atoms with Crippen molar-refractivity contribution in [3.05, 3.63) is 47.3 Å². The Morgan fingerprint density at radius 2 is 2.14 bits per heavy atom. The van der Waals surface area contributed by atoms with Gasteiger partial charge in [0.15, 0.2) is 0 Å². The predicted molar refractivity (Wildman–Crippen MR) is 80.4 cm³/mol. The van der Waals surface area contributed by atoms with E-state index in [1.54, 1.807) is 10.9 Å². The third-order valence-electron chi connectivity index (χ3n) is 3.55. The molecule has 2 heterocycles. The Labute approximate surface area is 129 Å². The van der Waals surface area contributed by atoms with Gasteiger partial charge in [-0.15, -0.1) is 5.10 Å². The van der Waals surface area contributed by atoms with Crippen LogP contribution in [0.5, 0.6) is 0 Å². The standard InChI is InChI=1S/C14H18N4O3S/c1-11-2-4-12(5-3-11)10-22(19,20)16-7-14-8-18-13(9-21-14)6-15-17-18/h2-6,14,16H,7-10H2,1H3/t14-/m0/s1. The van der Waals surface area contributed by atoms with Crippen LogP contribution in [0, 0.1) is 6.92 Å². The maximum Gasteiger partial charge on any atom is 0.215 e. The predicted octanol–water partition coefficient (Wildman–Crippen LogP) is 0.605. The van der Waals surface area contributed by atoms with E-state index in [1.165, 1.54) is 0 Å². The number of sulfonamides is 1. The number of benzene rings is 1. The first-order valence-corrected chi connectivity index (χ1v) is 8.69. The van der Waals surface area contributed by atoms with Crippen LogP contribution in [0.1, 0.15) is 16.8 Å². The SMILES string of the molecule is Cc1ccc(CS(=O)(=O)NC[C@H]2Cn3nncc3CO2)cc1. The highest BCUT2D eigenvalue weighted by atomic mass is 32.2. The molecule has 0 saturated carbocycles. The Bertz CT molecular complexity index is 740. The lowest BCUT2D eigenvalue weighted by atomic mass is 10.2. The van der Waals surface area contributed by atoms with Crippen LogP contribution in [0.4, 0.5) is 0 Å². The topological polar surface area (TPSA) is 86.1 Å². The van der Waals surface area contributed by atoms with Crippen molar-refractivity contribution < 1.29 is 13.2 Å². The lowest BCUT2D eigenvalue weighted by molar-refractivity contribution is 0.00404. The molecule has 22 heavy (non-hydrogen) atoms. The van der Waals surface area contributed by atoms with Gasteiger partial charge in [-0.2, -0.15) is 0 Å². The number of hydrogen-bond donors (Lipinski definition) is 1. The largest absolute Gasteiger partial charge is 0.369 e. The van der Waals surface area contributed by atoms with Gasteiger partial charge in [0.25, 0.3) is 0 Å². The van der Waals surface area contributed by atoms with Gasteiger partial charge in [0, 0.05) is 6.54 Å². The molecule has 2 aromatic rings. The number of aromatic nitrogens is 3. The molecule has 0 bridgehead atoms.